The number of aliphatic hydroxyl groups is 1. The maximum Gasteiger partial charge on any atom is 0.282 e. The maximum atomic E-state index is 12.2. The van der Waals surface area contributed by atoms with Crippen LogP contribution in [-0.4, -0.2) is 48.9 Å². The first-order valence-corrected chi connectivity index (χ1v) is 7.76. The molecule has 0 aliphatic heterocycles. The molecule has 0 heterocycles. The highest BCUT2D eigenvalue weighted by Crippen LogP contribution is 2.14. The third kappa shape index (κ3) is 4.43. The lowest BCUT2D eigenvalue weighted by atomic mass is 10.2. The molecule has 0 spiro atoms. The van der Waals surface area contributed by atoms with E-state index in [1.54, 1.807) is 31.2 Å². The quantitative estimate of drug-likeness (QED) is 0.827. The molecule has 0 radical (unpaired) electrons. The molecular formula is C12H19ClN2O3S. The second kappa shape index (κ2) is 7.21. The highest BCUT2D eigenvalue weighted by atomic mass is 35.5. The monoisotopic (exact) mass is 306 g/mol. The first-order chi connectivity index (χ1) is 8.91. The molecule has 0 atom stereocenters. The predicted molar refractivity (Wildman–Crippen MR) is 76.2 cm³/mol. The zero-order valence-corrected chi connectivity index (χ0v) is 12.7. The maximum absolute atomic E-state index is 12.2. The van der Waals surface area contributed by atoms with Gasteiger partial charge < -0.3 is 5.11 Å². The van der Waals surface area contributed by atoms with Crippen LogP contribution < -0.4 is 0 Å². The van der Waals surface area contributed by atoms with Crippen LogP contribution >= 0.6 is 11.6 Å². The Morgan fingerprint density at radius 2 is 1.84 bits per heavy atom. The molecule has 1 aromatic carbocycles. The van der Waals surface area contributed by atoms with E-state index in [4.69, 9.17) is 16.7 Å². The molecule has 1 N–H and O–H groups in total. The smallest absolute Gasteiger partial charge is 0.282 e. The van der Waals surface area contributed by atoms with Crippen LogP contribution in [0.1, 0.15) is 12.5 Å². The Bertz CT molecular complexity index is 490. The van der Waals surface area contributed by atoms with Gasteiger partial charge in [-0.15, -0.1) is 0 Å². The Morgan fingerprint density at radius 3 is 2.32 bits per heavy atom. The van der Waals surface area contributed by atoms with Crippen LogP contribution in [0.4, 0.5) is 0 Å². The Labute approximate surface area is 119 Å². The largest absolute Gasteiger partial charge is 0.395 e. The van der Waals surface area contributed by atoms with Crippen LogP contribution in [0.25, 0.3) is 0 Å². The van der Waals surface area contributed by atoms with Gasteiger partial charge in [-0.1, -0.05) is 30.7 Å². The molecule has 0 saturated heterocycles. The Morgan fingerprint density at radius 1 is 1.26 bits per heavy atom. The lowest BCUT2D eigenvalue weighted by molar-refractivity contribution is 0.249. The molecule has 0 saturated carbocycles. The standard InChI is InChI=1S/C12H19ClN2O3S/c1-3-15(8-9-16)19(17,18)14(2)10-11-4-6-12(13)7-5-11/h4-7,16H,3,8-10H2,1-2H3. The number of benzene rings is 1. The van der Waals surface area contributed by atoms with E-state index in [9.17, 15) is 8.42 Å². The summed E-state index contributed by atoms with van der Waals surface area (Å²) in [4.78, 5) is 0. The van der Waals surface area contributed by atoms with Gasteiger partial charge in [-0.05, 0) is 17.7 Å². The summed E-state index contributed by atoms with van der Waals surface area (Å²) in [6.45, 7) is 2.24. The molecule has 0 aliphatic rings. The van der Waals surface area contributed by atoms with Crippen molar-refractivity contribution in [1.82, 2.24) is 8.61 Å². The molecule has 7 heteroatoms. The fraction of sp³-hybridized carbons (Fsp3) is 0.500. The van der Waals surface area contributed by atoms with Crippen LogP contribution in [0.3, 0.4) is 0 Å². The normalized spacial score (nSPS) is 12.3. The van der Waals surface area contributed by atoms with Gasteiger partial charge in [-0.2, -0.15) is 17.0 Å². The van der Waals surface area contributed by atoms with Crippen molar-refractivity contribution in [3.05, 3.63) is 34.9 Å². The fourth-order valence-corrected chi connectivity index (χ4v) is 3.14. The lowest BCUT2D eigenvalue weighted by Crippen LogP contribution is -2.42. The van der Waals surface area contributed by atoms with Crippen molar-refractivity contribution < 1.29 is 13.5 Å². The number of halogens is 1. The second-order valence-electron chi connectivity index (χ2n) is 4.11. The van der Waals surface area contributed by atoms with Crippen molar-refractivity contribution in [3.8, 4) is 0 Å². The Hall–Kier alpha value is -0.660. The van der Waals surface area contributed by atoms with E-state index in [1.807, 2.05) is 0 Å². The minimum atomic E-state index is -3.55. The van der Waals surface area contributed by atoms with Crippen LogP contribution in [0, 0.1) is 0 Å². The summed E-state index contributed by atoms with van der Waals surface area (Å²) in [5.74, 6) is 0. The van der Waals surface area contributed by atoms with Gasteiger partial charge >= 0.3 is 0 Å². The number of hydrogen-bond donors (Lipinski definition) is 1. The highest BCUT2D eigenvalue weighted by Gasteiger charge is 2.25. The number of nitrogens with zero attached hydrogens (tertiary/aromatic N) is 2. The van der Waals surface area contributed by atoms with E-state index in [0.29, 0.717) is 11.6 Å². The summed E-state index contributed by atoms with van der Waals surface area (Å²) in [7, 11) is -2.03. The van der Waals surface area contributed by atoms with Gasteiger partial charge in [0, 0.05) is 31.7 Å². The van der Waals surface area contributed by atoms with Crippen LogP contribution in [-0.2, 0) is 16.8 Å². The first-order valence-electron chi connectivity index (χ1n) is 5.98. The number of likely N-dealkylation sites (N-methyl/N-ethyl adjacent to an activating group) is 1. The zero-order valence-electron chi connectivity index (χ0n) is 11.1. The van der Waals surface area contributed by atoms with Crippen molar-refractivity contribution >= 4 is 21.8 Å². The van der Waals surface area contributed by atoms with E-state index >= 15 is 0 Å². The topological polar surface area (TPSA) is 60.9 Å². The van der Waals surface area contributed by atoms with E-state index < -0.39 is 10.2 Å². The van der Waals surface area contributed by atoms with E-state index in [2.05, 4.69) is 0 Å². The minimum absolute atomic E-state index is 0.101. The molecule has 1 aromatic rings. The molecule has 0 amide bonds. The predicted octanol–water partition coefficient (Wildman–Crippen LogP) is 1.33. The van der Waals surface area contributed by atoms with E-state index in [-0.39, 0.29) is 19.7 Å². The summed E-state index contributed by atoms with van der Waals surface area (Å²) in [6.07, 6.45) is 0. The summed E-state index contributed by atoms with van der Waals surface area (Å²) < 4.78 is 27.0. The number of aliphatic hydroxyl groups excluding tert-OH is 1. The Kier molecular flexibility index (Phi) is 6.22. The molecule has 0 unspecified atom stereocenters. The van der Waals surface area contributed by atoms with Gasteiger partial charge in [0.25, 0.3) is 10.2 Å². The van der Waals surface area contributed by atoms with Crippen LogP contribution in [0.15, 0.2) is 24.3 Å². The van der Waals surface area contributed by atoms with Crippen molar-refractivity contribution in [2.45, 2.75) is 13.5 Å². The fourth-order valence-electron chi connectivity index (χ4n) is 1.67. The van der Waals surface area contributed by atoms with Crippen molar-refractivity contribution in [3.63, 3.8) is 0 Å². The lowest BCUT2D eigenvalue weighted by Gasteiger charge is -2.26. The van der Waals surface area contributed by atoms with E-state index in [0.717, 1.165) is 5.56 Å². The summed E-state index contributed by atoms with van der Waals surface area (Å²) in [6, 6.07) is 7.03. The Balaban J connectivity index is 2.80. The zero-order chi connectivity index (χ0) is 14.5. The second-order valence-corrected chi connectivity index (χ2v) is 6.58. The molecule has 0 aliphatic carbocycles. The van der Waals surface area contributed by atoms with Crippen LogP contribution in [0.5, 0.6) is 0 Å². The number of rotatable bonds is 7. The van der Waals surface area contributed by atoms with Gasteiger partial charge in [0.15, 0.2) is 0 Å². The molecule has 0 aromatic heterocycles. The molecule has 108 valence electrons. The van der Waals surface area contributed by atoms with Crippen LogP contribution in [0.2, 0.25) is 5.02 Å². The summed E-state index contributed by atoms with van der Waals surface area (Å²) in [5, 5.41) is 9.51. The molecule has 1 rings (SSSR count). The summed E-state index contributed by atoms with van der Waals surface area (Å²) in [5.41, 5.74) is 0.857. The van der Waals surface area contributed by atoms with E-state index in [1.165, 1.54) is 15.7 Å². The van der Waals surface area contributed by atoms with Gasteiger partial charge in [0.2, 0.25) is 0 Å². The van der Waals surface area contributed by atoms with Gasteiger partial charge in [-0.3, -0.25) is 0 Å². The average Bonchev–Trinajstić information content (AvgIpc) is 2.38. The molecular weight excluding hydrogens is 288 g/mol. The summed E-state index contributed by atoms with van der Waals surface area (Å²) >= 11 is 5.78. The molecule has 0 bridgehead atoms. The number of hydrogen-bond acceptors (Lipinski definition) is 3. The van der Waals surface area contributed by atoms with Crippen molar-refractivity contribution in [1.29, 1.82) is 0 Å². The van der Waals surface area contributed by atoms with Gasteiger partial charge in [-0.25, -0.2) is 0 Å². The third-order valence-electron chi connectivity index (χ3n) is 2.74. The van der Waals surface area contributed by atoms with Crippen molar-refractivity contribution in [2.24, 2.45) is 0 Å². The van der Waals surface area contributed by atoms with Gasteiger partial charge in [0.05, 0.1) is 6.61 Å². The molecule has 0 fully saturated rings. The molecule has 19 heavy (non-hydrogen) atoms. The minimum Gasteiger partial charge on any atom is -0.395 e. The average molecular weight is 307 g/mol. The third-order valence-corrected chi connectivity index (χ3v) is 5.00. The first kappa shape index (κ1) is 16.4. The van der Waals surface area contributed by atoms with Crippen molar-refractivity contribution in [2.75, 3.05) is 26.7 Å². The van der Waals surface area contributed by atoms with Gasteiger partial charge in [0.1, 0.15) is 0 Å². The highest BCUT2D eigenvalue weighted by molar-refractivity contribution is 7.86. The SMILES string of the molecule is CCN(CCO)S(=O)(=O)N(C)Cc1ccc(Cl)cc1. The molecule has 5 nitrogen and oxygen atoms in total.